The second-order valence-electron chi connectivity index (χ2n) is 11.0. The molecule has 39 heavy (non-hydrogen) atoms. The predicted octanol–water partition coefficient (Wildman–Crippen LogP) is 4.21. The van der Waals surface area contributed by atoms with Crippen LogP contribution in [0.15, 0.2) is 55.6 Å². The molecule has 0 aromatic heterocycles. The summed E-state index contributed by atoms with van der Waals surface area (Å²) >= 11 is 1.63. The Morgan fingerprint density at radius 2 is 2.00 bits per heavy atom. The van der Waals surface area contributed by atoms with Gasteiger partial charge in [0.25, 0.3) is 0 Å². The summed E-state index contributed by atoms with van der Waals surface area (Å²) in [5.41, 5.74) is 0.987. The Morgan fingerprint density at radius 3 is 2.64 bits per heavy atom. The van der Waals surface area contributed by atoms with Crippen molar-refractivity contribution in [2.45, 2.75) is 74.6 Å². The smallest absolute Gasteiger partial charge is 0.310 e. The number of thioether (sulfide) groups is 1. The van der Waals surface area contributed by atoms with Gasteiger partial charge in [-0.15, -0.1) is 24.9 Å². The Labute approximate surface area is 236 Å². The van der Waals surface area contributed by atoms with Gasteiger partial charge in [0.2, 0.25) is 11.8 Å². The third-order valence-corrected chi connectivity index (χ3v) is 10.8. The SMILES string of the molecule is C=CCCCCOC(=O)[C@@H]1[C@H]2C(=O)N([C@@H](CC)CO)C(C(=O)N(CC=C)Cc3ccccc3)C23S[C@@H]1CC3C. The first-order chi connectivity index (χ1) is 18.8. The molecule has 0 saturated carbocycles. The topological polar surface area (TPSA) is 87.1 Å². The first-order valence-electron chi connectivity index (χ1n) is 14.2. The van der Waals surface area contributed by atoms with Crippen molar-refractivity contribution in [1.82, 2.24) is 9.80 Å². The fourth-order valence-corrected chi connectivity index (χ4v) is 9.23. The summed E-state index contributed by atoms with van der Waals surface area (Å²) < 4.78 is 4.96. The summed E-state index contributed by atoms with van der Waals surface area (Å²) in [6, 6.07) is 8.49. The molecule has 1 aromatic rings. The second-order valence-corrected chi connectivity index (χ2v) is 12.5. The zero-order valence-electron chi connectivity index (χ0n) is 23.2. The van der Waals surface area contributed by atoms with Gasteiger partial charge in [0.05, 0.1) is 35.8 Å². The van der Waals surface area contributed by atoms with Gasteiger partial charge in [-0.05, 0) is 43.6 Å². The highest BCUT2D eigenvalue weighted by molar-refractivity contribution is 8.02. The average Bonchev–Trinajstić information content (AvgIpc) is 3.53. The third-order valence-electron chi connectivity index (χ3n) is 8.69. The van der Waals surface area contributed by atoms with E-state index in [1.165, 1.54) is 0 Å². The molecule has 0 aliphatic carbocycles. The van der Waals surface area contributed by atoms with Crippen molar-refractivity contribution in [2.75, 3.05) is 19.8 Å². The molecule has 2 amide bonds. The number of aliphatic hydroxyl groups excluding tert-OH is 1. The monoisotopic (exact) mass is 554 g/mol. The lowest BCUT2D eigenvalue weighted by atomic mass is 9.66. The number of hydrogen-bond donors (Lipinski definition) is 1. The minimum Gasteiger partial charge on any atom is -0.465 e. The number of carbonyl (C=O) groups is 3. The molecule has 3 unspecified atom stereocenters. The van der Waals surface area contributed by atoms with E-state index >= 15 is 0 Å². The Hall–Kier alpha value is -2.58. The lowest BCUT2D eigenvalue weighted by Crippen LogP contribution is -2.59. The minimum atomic E-state index is -0.772. The number of allylic oxidation sites excluding steroid dienone is 1. The maximum absolute atomic E-state index is 14.5. The number of fused-ring (bicyclic) bond motifs is 1. The van der Waals surface area contributed by atoms with E-state index in [0.717, 1.165) is 31.2 Å². The van der Waals surface area contributed by atoms with Crippen molar-refractivity contribution >= 4 is 29.5 Å². The molecule has 7 atom stereocenters. The van der Waals surface area contributed by atoms with Crippen molar-refractivity contribution in [2.24, 2.45) is 17.8 Å². The fraction of sp³-hybridized carbons (Fsp3) is 0.581. The van der Waals surface area contributed by atoms with Crippen molar-refractivity contribution in [3.63, 3.8) is 0 Å². The van der Waals surface area contributed by atoms with E-state index in [2.05, 4.69) is 20.1 Å². The zero-order chi connectivity index (χ0) is 28.2. The molecule has 3 fully saturated rings. The Kier molecular flexibility index (Phi) is 9.60. The number of amides is 2. The molecule has 3 aliphatic heterocycles. The Balaban J connectivity index is 1.69. The number of esters is 1. The zero-order valence-corrected chi connectivity index (χ0v) is 24.0. The molecule has 0 radical (unpaired) electrons. The van der Waals surface area contributed by atoms with E-state index in [4.69, 9.17) is 4.74 Å². The van der Waals surface area contributed by atoms with Crippen LogP contribution in [0.1, 0.15) is 51.5 Å². The van der Waals surface area contributed by atoms with Gasteiger partial charge >= 0.3 is 5.97 Å². The quantitative estimate of drug-likeness (QED) is 0.211. The van der Waals surface area contributed by atoms with Crippen molar-refractivity contribution in [3.8, 4) is 0 Å². The first-order valence-corrected chi connectivity index (χ1v) is 15.1. The van der Waals surface area contributed by atoms with Gasteiger partial charge in [-0.1, -0.05) is 56.3 Å². The van der Waals surface area contributed by atoms with E-state index in [9.17, 15) is 19.5 Å². The van der Waals surface area contributed by atoms with Gasteiger partial charge in [-0.2, -0.15) is 0 Å². The molecule has 3 heterocycles. The maximum atomic E-state index is 14.5. The van der Waals surface area contributed by atoms with Crippen LogP contribution in [0.3, 0.4) is 0 Å². The van der Waals surface area contributed by atoms with Crippen LogP contribution in [0, 0.1) is 17.8 Å². The number of benzene rings is 1. The van der Waals surface area contributed by atoms with Crippen molar-refractivity contribution < 1.29 is 24.2 Å². The lowest BCUT2D eigenvalue weighted by Gasteiger charge is -2.42. The second kappa shape index (κ2) is 12.7. The van der Waals surface area contributed by atoms with E-state index in [1.807, 2.05) is 43.3 Å². The molecular formula is C31H42N2O5S. The Morgan fingerprint density at radius 1 is 1.26 bits per heavy atom. The fourth-order valence-electron chi connectivity index (χ4n) is 6.84. The van der Waals surface area contributed by atoms with E-state index in [-0.39, 0.29) is 35.6 Å². The summed E-state index contributed by atoms with van der Waals surface area (Å²) in [6.45, 7) is 12.4. The number of nitrogens with zero attached hydrogens (tertiary/aromatic N) is 2. The minimum absolute atomic E-state index is 0.0514. The summed E-state index contributed by atoms with van der Waals surface area (Å²) in [4.78, 5) is 45.6. The van der Waals surface area contributed by atoms with Gasteiger partial charge in [0.15, 0.2) is 0 Å². The molecule has 1 spiro atoms. The number of unbranched alkanes of at least 4 members (excludes halogenated alkanes) is 2. The van der Waals surface area contributed by atoms with Crippen LogP contribution in [0.25, 0.3) is 0 Å². The lowest BCUT2D eigenvalue weighted by molar-refractivity contribution is -0.155. The van der Waals surface area contributed by atoms with Crippen LogP contribution in [0.2, 0.25) is 0 Å². The first kappa shape index (κ1) is 29.4. The van der Waals surface area contributed by atoms with Gasteiger partial charge in [0, 0.05) is 18.3 Å². The molecular weight excluding hydrogens is 512 g/mol. The van der Waals surface area contributed by atoms with Gasteiger partial charge in [0.1, 0.15) is 6.04 Å². The third kappa shape index (κ3) is 5.30. The molecule has 8 heteroatoms. The molecule has 4 rings (SSSR count). The normalized spacial score (nSPS) is 29.7. The molecule has 2 bridgehead atoms. The van der Waals surface area contributed by atoms with Crippen LogP contribution >= 0.6 is 11.8 Å². The Bertz CT molecular complexity index is 1060. The number of carbonyl (C=O) groups excluding carboxylic acids is 3. The average molecular weight is 555 g/mol. The van der Waals surface area contributed by atoms with E-state index < -0.39 is 28.7 Å². The van der Waals surface area contributed by atoms with Crippen LogP contribution in [0.5, 0.6) is 0 Å². The summed E-state index contributed by atoms with van der Waals surface area (Å²) in [6.07, 6.45) is 7.31. The highest BCUT2D eigenvalue weighted by Gasteiger charge is 2.77. The molecule has 3 aliphatic rings. The maximum Gasteiger partial charge on any atom is 0.310 e. The summed E-state index contributed by atoms with van der Waals surface area (Å²) in [5.74, 6) is -1.88. The van der Waals surface area contributed by atoms with Crippen LogP contribution in [-0.2, 0) is 25.7 Å². The molecule has 3 saturated heterocycles. The molecule has 212 valence electrons. The number of rotatable bonds is 14. The summed E-state index contributed by atoms with van der Waals surface area (Å²) in [7, 11) is 0. The van der Waals surface area contributed by atoms with Gasteiger partial charge in [-0.25, -0.2) is 0 Å². The van der Waals surface area contributed by atoms with Crippen molar-refractivity contribution in [1.29, 1.82) is 0 Å². The highest BCUT2D eigenvalue weighted by atomic mass is 32.2. The number of hydrogen-bond acceptors (Lipinski definition) is 6. The summed E-state index contributed by atoms with van der Waals surface area (Å²) in [5, 5.41) is 10.2. The van der Waals surface area contributed by atoms with Gasteiger partial charge < -0.3 is 19.6 Å². The van der Waals surface area contributed by atoms with E-state index in [1.54, 1.807) is 27.6 Å². The van der Waals surface area contributed by atoms with Crippen molar-refractivity contribution in [3.05, 3.63) is 61.2 Å². The number of ether oxygens (including phenoxy) is 1. The van der Waals surface area contributed by atoms with E-state index in [0.29, 0.717) is 26.1 Å². The standard InChI is InChI=1S/C31H42N2O5S/c1-5-8-9-13-17-38-30(37)25-24-18-21(4)31(39-24)26(25)28(35)33(23(7-3)20-34)27(31)29(36)32(16-6-2)19-22-14-11-10-12-15-22/h5-6,10-12,14-15,21,23-27,34H,1-2,7-9,13,16-20H2,3-4H3/t21?,23-,24+,25-,26-,27?,31?/m0/s1. The number of likely N-dealkylation sites (tertiary alicyclic amines) is 1. The number of aliphatic hydroxyl groups is 1. The molecule has 1 N–H and O–H groups in total. The highest BCUT2D eigenvalue weighted by Crippen LogP contribution is 2.69. The van der Waals surface area contributed by atoms with Crippen LogP contribution in [0.4, 0.5) is 0 Å². The largest absolute Gasteiger partial charge is 0.465 e. The van der Waals surface area contributed by atoms with Crippen LogP contribution in [-0.4, -0.2) is 74.5 Å². The molecule has 7 nitrogen and oxygen atoms in total. The predicted molar refractivity (Wildman–Crippen MR) is 154 cm³/mol. The van der Waals surface area contributed by atoms with Gasteiger partial charge in [-0.3, -0.25) is 14.4 Å². The van der Waals surface area contributed by atoms with Crippen LogP contribution < -0.4 is 0 Å². The molecule has 1 aromatic carbocycles.